The Morgan fingerprint density at radius 2 is 1.75 bits per heavy atom. The zero-order chi connectivity index (χ0) is 23.6. The molecule has 162 valence electrons. The number of hydrogen-bond donors (Lipinski definition) is 1. The Morgan fingerprint density at radius 3 is 2.38 bits per heavy atom. The van der Waals surface area contributed by atoms with Gasteiger partial charge in [0.05, 0.1) is 55.9 Å². The van der Waals surface area contributed by atoms with Gasteiger partial charge in [0, 0.05) is 0 Å². The second-order valence-corrected chi connectivity index (χ2v) is 8.47. The molecule has 0 saturated heterocycles. The highest BCUT2D eigenvalue weighted by Gasteiger charge is 2.30. The Bertz CT molecular complexity index is 1270. The van der Waals surface area contributed by atoms with Gasteiger partial charge < -0.3 is 5.73 Å². The van der Waals surface area contributed by atoms with E-state index in [-0.39, 0.29) is 21.8 Å². The molecule has 3 rings (SSSR count). The normalized spacial score (nSPS) is 11.0. The zero-order valence-corrected chi connectivity index (χ0v) is 19.2. The number of nitriles is 1. The number of nitrogens with zero attached hydrogens (tertiary/aromatic N) is 3. The van der Waals surface area contributed by atoms with Crippen LogP contribution in [0.25, 0.3) is 0 Å². The molecule has 6 nitrogen and oxygen atoms in total. The van der Waals surface area contributed by atoms with Crippen LogP contribution in [-0.4, -0.2) is 16.8 Å². The number of amides is 2. The molecule has 0 bridgehead atoms. The molecule has 2 aromatic carbocycles. The number of carbonyl (C=O) groups excluding carboxylic acids is 2. The lowest BCUT2D eigenvalue weighted by Crippen LogP contribution is -2.29. The van der Waals surface area contributed by atoms with Crippen LogP contribution in [-0.2, 0) is 5.41 Å². The van der Waals surface area contributed by atoms with Gasteiger partial charge in [-0.25, -0.2) is 0 Å². The van der Waals surface area contributed by atoms with Crippen LogP contribution in [0.5, 0.6) is 0 Å². The summed E-state index contributed by atoms with van der Waals surface area (Å²) in [5, 5.41) is 10.0. The summed E-state index contributed by atoms with van der Waals surface area (Å²) in [6.07, 6.45) is 1.48. The van der Waals surface area contributed by atoms with Crippen molar-refractivity contribution in [3.63, 3.8) is 0 Å². The molecule has 1 aromatic heterocycles. The van der Waals surface area contributed by atoms with E-state index in [1.165, 1.54) is 17.2 Å². The van der Waals surface area contributed by atoms with E-state index in [1.807, 2.05) is 0 Å². The molecule has 0 saturated carbocycles. The van der Waals surface area contributed by atoms with Crippen molar-refractivity contribution < 1.29 is 9.59 Å². The maximum atomic E-state index is 13.8. The molecule has 0 atom stereocenters. The fraction of sp³-hybridized carbons (Fsp3) is 0.167. The molecule has 0 radical (unpaired) electrons. The molecule has 32 heavy (non-hydrogen) atoms. The van der Waals surface area contributed by atoms with Crippen LogP contribution in [0.1, 0.15) is 45.8 Å². The lowest BCUT2D eigenvalue weighted by Gasteiger charge is -2.26. The van der Waals surface area contributed by atoms with Crippen LogP contribution in [0.15, 0.2) is 54.7 Å². The summed E-state index contributed by atoms with van der Waals surface area (Å²) in [6.45, 7) is 5.17. The fourth-order valence-electron chi connectivity index (χ4n) is 3.22. The van der Waals surface area contributed by atoms with Crippen molar-refractivity contribution in [2.75, 3.05) is 4.90 Å². The molecule has 1 heterocycles. The van der Waals surface area contributed by atoms with Gasteiger partial charge in [-0.1, -0.05) is 47.5 Å². The quantitative estimate of drug-likeness (QED) is 0.530. The number of rotatable bonds is 5. The summed E-state index contributed by atoms with van der Waals surface area (Å²) < 4.78 is 0. The average molecular weight is 467 g/mol. The SMILES string of the molecule is Cc1ncc(N(C(=O)c2cccc(C(C)(C)C#N)c2Cl)c2ccccc2C(N)=O)cc1Cl. The standard InChI is InChI=1S/C24H20Cl2N4O2/c1-14-19(25)11-15(12-29-14)30(20-10-5-4-7-16(20)22(28)31)23(32)17-8-6-9-18(21(17)26)24(2,3)13-27/h4-12H,1-3H3,(H2,28,31). The lowest BCUT2D eigenvalue weighted by atomic mass is 9.85. The molecular weight excluding hydrogens is 447 g/mol. The third kappa shape index (κ3) is 4.31. The van der Waals surface area contributed by atoms with Crippen LogP contribution in [0.2, 0.25) is 10.0 Å². The van der Waals surface area contributed by atoms with E-state index in [2.05, 4.69) is 11.1 Å². The van der Waals surface area contributed by atoms with Crippen molar-refractivity contribution >= 4 is 46.4 Å². The Kier molecular flexibility index (Phi) is 6.54. The van der Waals surface area contributed by atoms with Gasteiger partial charge in [0.2, 0.25) is 0 Å². The highest BCUT2D eigenvalue weighted by atomic mass is 35.5. The van der Waals surface area contributed by atoms with E-state index in [9.17, 15) is 14.9 Å². The minimum Gasteiger partial charge on any atom is -0.366 e. The fourth-order valence-corrected chi connectivity index (χ4v) is 3.83. The highest BCUT2D eigenvalue weighted by molar-refractivity contribution is 6.36. The molecule has 3 aromatic rings. The van der Waals surface area contributed by atoms with Crippen molar-refractivity contribution in [2.45, 2.75) is 26.2 Å². The number of benzene rings is 2. The Hall–Kier alpha value is -3.40. The van der Waals surface area contributed by atoms with Crippen molar-refractivity contribution in [1.82, 2.24) is 4.98 Å². The first-order chi connectivity index (χ1) is 15.1. The summed E-state index contributed by atoms with van der Waals surface area (Å²) in [5.74, 6) is -1.23. The summed E-state index contributed by atoms with van der Waals surface area (Å²) in [7, 11) is 0. The maximum absolute atomic E-state index is 13.8. The van der Waals surface area contributed by atoms with Gasteiger partial charge in [0.25, 0.3) is 11.8 Å². The average Bonchev–Trinajstić information content (AvgIpc) is 2.76. The molecule has 2 N–H and O–H groups in total. The highest BCUT2D eigenvalue weighted by Crippen LogP contribution is 2.36. The number of nitrogens with two attached hydrogens (primary N) is 1. The number of aryl methyl sites for hydroxylation is 1. The minimum absolute atomic E-state index is 0.141. The second kappa shape index (κ2) is 8.99. The Labute approximate surface area is 196 Å². The van der Waals surface area contributed by atoms with Gasteiger partial charge in [-0.15, -0.1) is 0 Å². The first-order valence-electron chi connectivity index (χ1n) is 9.64. The summed E-state index contributed by atoms with van der Waals surface area (Å²) in [4.78, 5) is 31.5. The maximum Gasteiger partial charge on any atom is 0.264 e. The van der Waals surface area contributed by atoms with Crippen molar-refractivity contribution in [3.8, 4) is 6.07 Å². The number of aromatic nitrogens is 1. The Balaban J connectivity index is 2.28. The van der Waals surface area contributed by atoms with E-state index in [1.54, 1.807) is 63.2 Å². The smallest absolute Gasteiger partial charge is 0.264 e. The number of para-hydroxylation sites is 1. The van der Waals surface area contributed by atoms with E-state index in [0.717, 1.165) is 0 Å². The monoisotopic (exact) mass is 466 g/mol. The molecule has 0 aliphatic heterocycles. The molecular formula is C24H20Cl2N4O2. The number of pyridine rings is 1. The summed E-state index contributed by atoms with van der Waals surface area (Å²) in [5.41, 5.74) is 6.64. The van der Waals surface area contributed by atoms with Gasteiger partial charge in [-0.2, -0.15) is 5.26 Å². The molecule has 2 amide bonds. The largest absolute Gasteiger partial charge is 0.366 e. The van der Waals surface area contributed by atoms with Gasteiger partial charge in [0.1, 0.15) is 0 Å². The number of carbonyl (C=O) groups is 2. The third-order valence-corrected chi connectivity index (χ3v) is 5.85. The van der Waals surface area contributed by atoms with E-state index in [4.69, 9.17) is 28.9 Å². The lowest BCUT2D eigenvalue weighted by molar-refractivity contribution is 0.0998. The van der Waals surface area contributed by atoms with Crippen LogP contribution in [0, 0.1) is 18.3 Å². The van der Waals surface area contributed by atoms with Crippen LogP contribution in [0.4, 0.5) is 11.4 Å². The van der Waals surface area contributed by atoms with Crippen LogP contribution in [0.3, 0.4) is 0 Å². The first-order valence-corrected chi connectivity index (χ1v) is 10.4. The topological polar surface area (TPSA) is 100 Å². The first kappa shape index (κ1) is 23.3. The van der Waals surface area contributed by atoms with Gasteiger partial charge >= 0.3 is 0 Å². The second-order valence-electron chi connectivity index (χ2n) is 7.69. The molecule has 0 aliphatic rings. The number of hydrogen-bond acceptors (Lipinski definition) is 4. The molecule has 0 spiro atoms. The van der Waals surface area contributed by atoms with Crippen molar-refractivity contribution in [2.24, 2.45) is 5.73 Å². The predicted octanol–water partition coefficient (Wildman–Crippen LogP) is 5.58. The number of halogens is 2. The molecule has 0 unspecified atom stereocenters. The van der Waals surface area contributed by atoms with Crippen molar-refractivity contribution in [3.05, 3.63) is 87.2 Å². The predicted molar refractivity (Wildman–Crippen MR) is 126 cm³/mol. The van der Waals surface area contributed by atoms with Crippen molar-refractivity contribution in [1.29, 1.82) is 5.26 Å². The molecule has 8 heteroatoms. The third-order valence-electron chi connectivity index (χ3n) is 5.06. The summed E-state index contributed by atoms with van der Waals surface area (Å²) in [6, 6.07) is 15.2. The summed E-state index contributed by atoms with van der Waals surface area (Å²) >= 11 is 12.9. The number of primary amides is 1. The van der Waals surface area contributed by atoms with Gasteiger partial charge in [-0.05, 0) is 50.6 Å². The van der Waals surface area contributed by atoms with E-state index >= 15 is 0 Å². The van der Waals surface area contributed by atoms with E-state index < -0.39 is 17.2 Å². The van der Waals surface area contributed by atoms with Crippen LogP contribution >= 0.6 is 23.2 Å². The molecule has 0 aliphatic carbocycles. The Morgan fingerprint density at radius 1 is 1.09 bits per heavy atom. The van der Waals surface area contributed by atoms with E-state index in [0.29, 0.717) is 22.0 Å². The zero-order valence-electron chi connectivity index (χ0n) is 17.7. The van der Waals surface area contributed by atoms with Crippen LogP contribution < -0.4 is 10.6 Å². The van der Waals surface area contributed by atoms with Gasteiger partial charge in [0.15, 0.2) is 0 Å². The minimum atomic E-state index is -0.919. The molecule has 0 fully saturated rings. The van der Waals surface area contributed by atoms with Gasteiger partial charge in [-0.3, -0.25) is 19.5 Å². The number of anilines is 2.